The van der Waals surface area contributed by atoms with Crippen molar-refractivity contribution in [1.82, 2.24) is 30.2 Å². The van der Waals surface area contributed by atoms with Gasteiger partial charge >= 0.3 is 0 Å². The molecule has 1 amide bonds. The molecule has 8 nitrogen and oxygen atoms in total. The Hall–Kier alpha value is -3.00. The minimum atomic E-state index is -0.0960. The molecule has 0 radical (unpaired) electrons. The molecule has 156 valence electrons. The van der Waals surface area contributed by atoms with Gasteiger partial charge in [-0.3, -0.25) is 9.48 Å². The van der Waals surface area contributed by atoms with Crippen molar-refractivity contribution in [1.29, 1.82) is 0 Å². The molecule has 2 aromatic heterocycles. The average Bonchev–Trinajstić information content (AvgIpc) is 3.40. The second-order valence-electron chi connectivity index (χ2n) is 8.15. The van der Waals surface area contributed by atoms with E-state index in [4.69, 9.17) is 4.42 Å². The summed E-state index contributed by atoms with van der Waals surface area (Å²) in [5.41, 5.74) is 2.41. The van der Waals surface area contributed by atoms with Crippen molar-refractivity contribution in [3.63, 3.8) is 0 Å². The fourth-order valence-electron chi connectivity index (χ4n) is 4.26. The minimum absolute atomic E-state index is 0.0960. The van der Waals surface area contributed by atoms with Crippen molar-refractivity contribution < 1.29 is 9.21 Å². The first kappa shape index (κ1) is 19.0. The van der Waals surface area contributed by atoms with E-state index in [1.165, 1.54) is 12.8 Å². The van der Waals surface area contributed by atoms with Crippen LogP contribution in [0.25, 0.3) is 0 Å². The first-order chi connectivity index (χ1) is 14.7. The van der Waals surface area contributed by atoms with Gasteiger partial charge < -0.3 is 14.6 Å². The molecule has 1 unspecified atom stereocenters. The monoisotopic (exact) mass is 406 g/mol. The van der Waals surface area contributed by atoms with Crippen LogP contribution in [0, 0.1) is 5.92 Å². The fourth-order valence-corrected chi connectivity index (χ4v) is 4.26. The van der Waals surface area contributed by atoms with Gasteiger partial charge in [-0.2, -0.15) is 0 Å². The molecular formula is C22H26N6O2. The van der Waals surface area contributed by atoms with E-state index in [0.717, 1.165) is 36.7 Å². The number of benzene rings is 1. The highest BCUT2D eigenvalue weighted by atomic mass is 16.4. The fraction of sp³-hybridized carbons (Fsp3) is 0.455. The van der Waals surface area contributed by atoms with E-state index in [1.54, 1.807) is 15.8 Å². The Morgan fingerprint density at radius 1 is 1.27 bits per heavy atom. The third-order valence-electron chi connectivity index (χ3n) is 5.86. The molecule has 1 saturated heterocycles. The Labute approximate surface area is 175 Å². The van der Waals surface area contributed by atoms with Crippen LogP contribution in [0.2, 0.25) is 0 Å². The van der Waals surface area contributed by atoms with Crippen molar-refractivity contribution in [3.8, 4) is 0 Å². The lowest BCUT2D eigenvalue weighted by atomic mass is 10.00. The number of oxazole rings is 1. The van der Waals surface area contributed by atoms with Crippen LogP contribution < -0.4 is 5.32 Å². The zero-order chi connectivity index (χ0) is 20.3. The van der Waals surface area contributed by atoms with Crippen LogP contribution in [-0.4, -0.2) is 50.4 Å². The van der Waals surface area contributed by atoms with Crippen LogP contribution >= 0.6 is 0 Å². The smallest absolute Gasteiger partial charge is 0.276 e. The van der Waals surface area contributed by atoms with Crippen molar-refractivity contribution in [2.75, 3.05) is 19.6 Å². The number of carbonyl (C=O) groups is 1. The SMILES string of the molecule is O=C(c1cn(CC2CCCNC2)nn1)N1CCc2oc(Cc3ccccc3)nc2C1. The van der Waals surface area contributed by atoms with E-state index in [2.05, 4.69) is 32.7 Å². The Morgan fingerprint density at radius 2 is 2.17 bits per heavy atom. The van der Waals surface area contributed by atoms with Crippen LogP contribution in [0.3, 0.4) is 0 Å². The number of hydrogen-bond acceptors (Lipinski definition) is 6. The molecule has 2 aliphatic rings. The molecule has 1 atom stereocenters. The summed E-state index contributed by atoms with van der Waals surface area (Å²) in [6.45, 7) is 3.93. The number of fused-ring (bicyclic) bond motifs is 1. The summed E-state index contributed by atoms with van der Waals surface area (Å²) in [5, 5.41) is 11.7. The van der Waals surface area contributed by atoms with Gasteiger partial charge in [-0.15, -0.1) is 5.10 Å². The Kier molecular flexibility index (Phi) is 5.31. The van der Waals surface area contributed by atoms with Crippen LogP contribution in [0.1, 0.15) is 46.2 Å². The summed E-state index contributed by atoms with van der Waals surface area (Å²) in [6.07, 6.45) is 5.47. The maximum absolute atomic E-state index is 13.0. The summed E-state index contributed by atoms with van der Waals surface area (Å²) < 4.78 is 7.75. The summed E-state index contributed by atoms with van der Waals surface area (Å²) in [4.78, 5) is 19.4. The largest absolute Gasteiger partial charge is 0.445 e. The lowest BCUT2D eigenvalue weighted by Crippen LogP contribution is -2.36. The second kappa shape index (κ2) is 8.39. The standard InChI is InChI=1S/C22H26N6O2/c29-22(19-15-28(26-25-19)13-17-7-4-9-23-12-17)27-10-8-20-18(14-27)24-21(30-20)11-16-5-2-1-3-6-16/h1-3,5-6,15,17,23H,4,7-14H2. The number of nitrogens with zero attached hydrogens (tertiary/aromatic N) is 5. The number of carbonyl (C=O) groups excluding carboxylic acids is 1. The number of hydrogen-bond donors (Lipinski definition) is 1. The van der Waals surface area contributed by atoms with Crippen LogP contribution in [0.4, 0.5) is 0 Å². The van der Waals surface area contributed by atoms with Crippen LogP contribution in [0.15, 0.2) is 40.9 Å². The zero-order valence-electron chi connectivity index (χ0n) is 17.0. The maximum Gasteiger partial charge on any atom is 0.276 e. The number of aromatic nitrogens is 4. The van der Waals surface area contributed by atoms with E-state index < -0.39 is 0 Å². The molecule has 5 rings (SSSR count). The molecule has 0 bridgehead atoms. The van der Waals surface area contributed by atoms with Crippen LogP contribution in [0.5, 0.6) is 0 Å². The lowest BCUT2D eigenvalue weighted by molar-refractivity contribution is 0.0721. The van der Waals surface area contributed by atoms with Gasteiger partial charge in [-0.05, 0) is 37.4 Å². The average molecular weight is 406 g/mol. The molecule has 1 fully saturated rings. The van der Waals surface area contributed by atoms with E-state index in [-0.39, 0.29) is 5.91 Å². The summed E-state index contributed by atoms with van der Waals surface area (Å²) >= 11 is 0. The molecule has 2 aliphatic heterocycles. The molecule has 30 heavy (non-hydrogen) atoms. The van der Waals surface area contributed by atoms with Crippen molar-refractivity contribution >= 4 is 5.91 Å². The number of rotatable bonds is 5. The molecule has 1 aromatic carbocycles. The molecule has 8 heteroatoms. The van der Waals surface area contributed by atoms with Gasteiger partial charge in [0.05, 0.1) is 12.7 Å². The third kappa shape index (κ3) is 4.14. The zero-order valence-corrected chi connectivity index (χ0v) is 17.0. The number of piperidine rings is 1. The van der Waals surface area contributed by atoms with Gasteiger partial charge in [0.2, 0.25) is 0 Å². The molecule has 4 heterocycles. The molecule has 1 N–H and O–H groups in total. The van der Waals surface area contributed by atoms with Crippen molar-refractivity contribution in [2.45, 2.75) is 38.8 Å². The second-order valence-corrected chi connectivity index (χ2v) is 8.15. The highest BCUT2D eigenvalue weighted by Gasteiger charge is 2.28. The highest BCUT2D eigenvalue weighted by Crippen LogP contribution is 2.22. The van der Waals surface area contributed by atoms with E-state index in [1.807, 2.05) is 18.2 Å². The van der Waals surface area contributed by atoms with Gasteiger partial charge in [0.1, 0.15) is 11.5 Å². The molecular weight excluding hydrogens is 380 g/mol. The number of amides is 1. The Balaban J connectivity index is 1.23. The quantitative estimate of drug-likeness (QED) is 0.698. The minimum Gasteiger partial charge on any atom is -0.445 e. The maximum atomic E-state index is 13.0. The van der Waals surface area contributed by atoms with Gasteiger partial charge in [-0.1, -0.05) is 35.5 Å². The normalized spacial score (nSPS) is 18.9. The Morgan fingerprint density at radius 3 is 3.00 bits per heavy atom. The lowest BCUT2D eigenvalue weighted by Gasteiger charge is -2.24. The number of nitrogens with one attached hydrogen (secondary N) is 1. The van der Waals surface area contributed by atoms with Gasteiger partial charge in [0.15, 0.2) is 11.6 Å². The molecule has 0 saturated carbocycles. The molecule has 0 spiro atoms. The van der Waals surface area contributed by atoms with E-state index in [9.17, 15) is 4.79 Å². The van der Waals surface area contributed by atoms with Gasteiger partial charge in [0, 0.05) is 25.9 Å². The van der Waals surface area contributed by atoms with E-state index >= 15 is 0 Å². The summed E-state index contributed by atoms with van der Waals surface area (Å²) in [5.74, 6) is 2.03. The highest BCUT2D eigenvalue weighted by molar-refractivity contribution is 5.92. The van der Waals surface area contributed by atoms with Gasteiger partial charge in [-0.25, -0.2) is 4.98 Å². The topological polar surface area (TPSA) is 89.1 Å². The van der Waals surface area contributed by atoms with Gasteiger partial charge in [0.25, 0.3) is 5.91 Å². The summed E-state index contributed by atoms with van der Waals surface area (Å²) in [6, 6.07) is 10.1. The predicted molar refractivity (Wildman–Crippen MR) is 110 cm³/mol. The van der Waals surface area contributed by atoms with Crippen molar-refractivity contribution in [2.24, 2.45) is 5.92 Å². The Bertz CT molecular complexity index is 1010. The molecule has 3 aromatic rings. The summed E-state index contributed by atoms with van der Waals surface area (Å²) in [7, 11) is 0. The molecule has 0 aliphatic carbocycles. The van der Waals surface area contributed by atoms with E-state index in [0.29, 0.717) is 43.4 Å². The first-order valence-corrected chi connectivity index (χ1v) is 10.7. The predicted octanol–water partition coefficient (Wildman–Crippen LogP) is 2.05. The van der Waals surface area contributed by atoms with Crippen molar-refractivity contribution in [3.05, 3.63) is 65.1 Å². The third-order valence-corrected chi connectivity index (χ3v) is 5.86. The first-order valence-electron chi connectivity index (χ1n) is 10.7. The van der Waals surface area contributed by atoms with Crippen LogP contribution in [-0.2, 0) is 25.9 Å².